The van der Waals surface area contributed by atoms with Crippen LogP contribution in [0.15, 0.2) is 48.5 Å². The molecule has 0 spiro atoms. The Kier molecular flexibility index (Phi) is 4.03. The summed E-state index contributed by atoms with van der Waals surface area (Å²) in [5.74, 6) is 0. The number of rotatable bonds is 3. The molecule has 19 heavy (non-hydrogen) atoms. The molecule has 0 aliphatic carbocycles. The van der Waals surface area contributed by atoms with Gasteiger partial charge >= 0.3 is 6.03 Å². The maximum absolute atomic E-state index is 11.9. The van der Waals surface area contributed by atoms with Crippen LogP contribution in [0.5, 0.6) is 0 Å². The third-order valence-corrected chi connectivity index (χ3v) is 2.82. The van der Waals surface area contributed by atoms with Crippen molar-refractivity contribution in [2.45, 2.75) is 6.92 Å². The van der Waals surface area contributed by atoms with Gasteiger partial charge in [0.05, 0.1) is 0 Å². The Hall–Kier alpha value is -2.49. The molecule has 0 saturated heterocycles. The van der Waals surface area contributed by atoms with Crippen LogP contribution in [0.2, 0.25) is 0 Å². The molecule has 2 aromatic rings. The Bertz CT molecular complexity index is 564. The lowest BCUT2D eigenvalue weighted by Gasteiger charge is -2.10. The minimum absolute atomic E-state index is 0.244. The number of hydrogen-bond donors (Lipinski definition) is 3. The van der Waals surface area contributed by atoms with Crippen molar-refractivity contribution in [1.82, 2.24) is 0 Å². The van der Waals surface area contributed by atoms with Crippen LogP contribution in [-0.4, -0.2) is 13.1 Å². The first-order valence-electron chi connectivity index (χ1n) is 6.10. The fraction of sp³-hybridized carbons (Fsp3) is 0.133. The lowest BCUT2D eigenvalue weighted by Crippen LogP contribution is -2.19. The van der Waals surface area contributed by atoms with E-state index in [9.17, 15) is 4.79 Å². The first-order chi connectivity index (χ1) is 9.19. The van der Waals surface area contributed by atoms with Crippen molar-refractivity contribution in [3.8, 4) is 0 Å². The van der Waals surface area contributed by atoms with E-state index in [1.807, 2.05) is 62.5 Å². The normalized spacial score (nSPS) is 9.79. The molecule has 2 aromatic carbocycles. The van der Waals surface area contributed by atoms with E-state index in [4.69, 9.17) is 0 Å². The van der Waals surface area contributed by atoms with Crippen molar-refractivity contribution < 1.29 is 4.79 Å². The minimum atomic E-state index is -0.244. The van der Waals surface area contributed by atoms with E-state index in [-0.39, 0.29) is 6.03 Å². The van der Waals surface area contributed by atoms with Crippen LogP contribution in [-0.2, 0) is 0 Å². The Morgan fingerprint density at radius 1 is 0.895 bits per heavy atom. The zero-order valence-corrected chi connectivity index (χ0v) is 11.0. The Balaban J connectivity index is 1.99. The van der Waals surface area contributed by atoms with E-state index >= 15 is 0 Å². The van der Waals surface area contributed by atoms with Gasteiger partial charge in [-0.2, -0.15) is 0 Å². The van der Waals surface area contributed by atoms with E-state index in [1.165, 1.54) is 0 Å². The molecular weight excluding hydrogens is 238 g/mol. The second-order valence-corrected chi connectivity index (χ2v) is 4.22. The van der Waals surface area contributed by atoms with E-state index in [2.05, 4.69) is 16.0 Å². The second-order valence-electron chi connectivity index (χ2n) is 4.22. The molecule has 0 atom stereocenters. The molecule has 4 heteroatoms. The number of benzene rings is 2. The fourth-order valence-electron chi connectivity index (χ4n) is 1.72. The maximum Gasteiger partial charge on any atom is 0.323 e. The molecule has 0 radical (unpaired) electrons. The van der Waals surface area contributed by atoms with Crippen molar-refractivity contribution in [3.63, 3.8) is 0 Å². The van der Waals surface area contributed by atoms with Crippen LogP contribution in [0.1, 0.15) is 5.56 Å². The van der Waals surface area contributed by atoms with Crippen molar-refractivity contribution in [2.75, 3.05) is 23.0 Å². The van der Waals surface area contributed by atoms with Gasteiger partial charge in [0.1, 0.15) is 0 Å². The van der Waals surface area contributed by atoms with Gasteiger partial charge < -0.3 is 16.0 Å². The van der Waals surface area contributed by atoms with Crippen molar-refractivity contribution in [1.29, 1.82) is 0 Å². The summed E-state index contributed by atoms with van der Waals surface area (Å²) in [6.07, 6.45) is 0. The van der Waals surface area contributed by atoms with Gasteiger partial charge in [0.15, 0.2) is 0 Å². The Morgan fingerprint density at radius 2 is 1.53 bits per heavy atom. The lowest BCUT2D eigenvalue weighted by molar-refractivity contribution is 0.262. The average molecular weight is 255 g/mol. The van der Waals surface area contributed by atoms with Gasteiger partial charge in [-0.15, -0.1) is 0 Å². The zero-order valence-electron chi connectivity index (χ0n) is 11.0. The summed E-state index contributed by atoms with van der Waals surface area (Å²) in [6.45, 7) is 1.96. The summed E-state index contributed by atoms with van der Waals surface area (Å²) < 4.78 is 0. The SMILES string of the molecule is CNc1ccc(NC(=O)Nc2ccccc2C)cc1. The monoisotopic (exact) mass is 255 g/mol. The van der Waals surface area contributed by atoms with Gasteiger partial charge in [0.25, 0.3) is 0 Å². The average Bonchev–Trinajstić information content (AvgIpc) is 2.42. The maximum atomic E-state index is 11.9. The highest BCUT2D eigenvalue weighted by Crippen LogP contribution is 2.15. The number of aryl methyl sites for hydroxylation is 1. The molecule has 0 bridgehead atoms. The van der Waals surface area contributed by atoms with Crippen LogP contribution >= 0.6 is 0 Å². The van der Waals surface area contributed by atoms with Crippen LogP contribution in [0.3, 0.4) is 0 Å². The smallest absolute Gasteiger partial charge is 0.323 e. The van der Waals surface area contributed by atoms with Crippen LogP contribution in [0.25, 0.3) is 0 Å². The molecule has 98 valence electrons. The first-order valence-corrected chi connectivity index (χ1v) is 6.10. The van der Waals surface area contributed by atoms with Gasteiger partial charge in [-0.1, -0.05) is 18.2 Å². The highest BCUT2D eigenvalue weighted by atomic mass is 16.2. The van der Waals surface area contributed by atoms with Gasteiger partial charge in [-0.25, -0.2) is 4.79 Å². The summed E-state index contributed by atoms with van der Waals surface area (Å²) in [7, 11) is 1.85. The van der Waals surface area contributed by atoms with Crippen LogP contribution < -0.4 is 16.0 Å². The molecule has 4 nitrogen and oxygen atoms in total. The van der Waals surface area contributed by atoms with Gasteiger partial charge in [-0.05, 0) is 42.8 Å². The van der Waals surface area contributed by atoms with Crippen LogP contribution in [0.4, 0.5) is 21.9 Å². The van der Waals surface area contributed by atoms with Gasteiger partial charge in [0, 0.05) is 24.1 Å². The number of urea groups is 1. The van der Waals surface area contributed by atoms with Gasteiger partial charge in [-0.3, -0.25) is 0 Å². The number of carbonyl (C=O) groups is 1. The van der Waals surface area contributed by atoms with Crippen molar-refractivity contribution in [3.05, 3.63) is 54.1 Å². The first kappa shape index (κ1) is 13.0. The molecule has 2 rings (SSSR count). The largest absolute Gasteiger partial charge is 0.388 e. The second kappa shape index (κ2) is 5.91. The molecule has 0 unspecified atom stereocenters. The molecule has 0 aliphatic rings. The zero-order chi connectivity index (χ0) is 13.7. The van der Waals surface area contributed by atoms with E-state index in [0.29, 0.717) is 0 Å². The van der Waals surface area contributed by atoms with Crippen molar-refractivity contribution >= 4 is 23.1 Å². The number of anilines is 3. The van der Waals surface area contributed by atoms with E-state index in [1.54, 1.807) is 0 Å². The molecule has 2 amide bonds. The van der Waals surface area contributed by atoms with Crippen molar-refractivity contribution in [2.24, 2.45) is 0 Å². The predicted octanol–water partition coefficient (Wildman–Crippen LogP) is 3.68. The molecule has 0 fully saturated rings. The highest BCUT2D eigenvalue weighted by molar-refractivity contribution is 6.00. The Labute approximate surface area is 112 Å². The number of hydrogen-bond acceptors (Lipinski definition) is 2. The number of para-hydroxylation sites is 1. The predicted molar refractivity (Wildman–Crippen MR) is 79.8 cm³/mol. The third-order valence-electron chi connectivity index (χ3n) is 2.82. The number of carbonyl (C=O) groups excluding carboxylic acids is 1. The summed E-state index contributed by atoms with van der Waals surface area (Å²) >= 11 is 0. The Morgan fingerprint density at radius 3 is 2.16 bits per heavy atom. The van der Waals surface area contributed by atoms with E-state index < -0.39 is 0 Å². The molecule has 0 aromatic heterocycles. The topological polar surface area (TPSA) is 53.2 Å². The standard InChI is InChI=1S/C15H17N3O/c1-11-5-3-4-6-14(11)18-15(19)17-13-9-7-12(16-2)8-10-13/h3-10,16H,1-2H3,(H2,17,18,19). The molecule has 0 saturated carbocycles. The lowest BCUT2D eigenvalue weighted by atomic mass is 10.2. The van der Waals surface area contributed by atoms with Gasteiger partial charge in [0.2, 0.25) is 0 Å². The number of nitrogens with one attached hydrogen (secondary N) is 3. The third kappa shape index (κ3) is 3.48. The quantitative estimate of drug-likeness (QED) is 0.783. The summed E-state index contributed by atoms with van der Waals surface area (Å²) in [5.41, 5.74) is 3.60. The van der Waals surface area contributed by atoms with E-state index in [0.717, 1.165) is 22.6 Å². The minimum Gasteiger partial charge on any atom is -0.388 e. The summed E-state index contributed by atoms with van der Waals surface area (Å²) in [4.78, 5) is 11.9. The molecule has 0 heterocycles. The number of amides is 2. The summed E-state index contributed by atoms with van der Waals surface area (Å²) in [6, 6.07) is 14.9. The molecular formula is C15H17N3O. The molecule has 3 N–H and O–H groups in total. The highest BCUT2D eigenvalue weighted by Gasteiger charge is 2.04. The molecule has 0 aliphatic heterocycles. The van der Waals surface area contributed by atoms with Crippen LogP contribution in [0, 0.1) is 6.92 Å². The fourth-order valence-corrected chi connectivity index (χ4v) is 1.72. The summed E-state index contributed by atoms with van der Waals surface area (Å²) in [5, 5.41) is 8.64.